The number of sulfone groups is 1. The number of thiazole rings is 1. The van der Waals surface area contributed by atoms with Gasteiger partial charge in [-0.05, 0) is 62.9 Å². The van der Waals surface area contributed by atoms with Gasteiger partial charge < -0.3 is 4.90 Å². The SMILES string of the molecule is Cc1cc(C)c(-c2csc(N3CCC(S(=O)(=O)c4ccc(Br)cc4Cl)CC3)n2)c(C)c1. The van der Waals surface area contributed by atoms with Gasteiger partial charge in [-0.3, -0.25) is 0 Å². The van der Waals surface area contributed by atoms with E-state index >= 15 is 0 Å². The number of rotatable bonds is 4. The Morgan fingerprint density at radius 2 is 1.74 bits per heavy atom. The predicted molar refractivity (Wildman–Crippen MR) is 133 cm³/mol. The molecular weight excluding hydrogens is 516 g/mol. The molecule has 0 N–H and O–H groups in total. The Balaban J connectivity index is 1.50. The molecule has 0 bridgehead atoms. The van der Waals surface area contributed by atoms with Crippen molar-refractivity contribution in [1.82, 2.24) is 4.98 Å². The fourth-order valence-electron chi connectivity index (χ4n) is 4.35. The quantitative estimate of drug-likeness (QED) is 0.375. The lowest BCUT2D eigenvalue weighted by Crippen LogP contribution is -2.39. The molecule has 164 valence electrons. The zero-order valence-corrected chi connectivity index (χ0v) is 21.6. The predicted octanol–water partition coefficient (Wildman–Crippen LogP) is 6.59. The molecule has 2 aromatic carbocycles. The van der Waals surface area contributed by atoms with Gasteiger partial charge in [-0.1, -0.05) is 45.2 Å². The van der Waals surface area contributed by atoms with Crippen molar-refractivity contribution in [3.63, 3.8) is 0 Å². The number of halogens is 2. The summed E-state index contributed by atoms with van der Waals surface area (Å²) in [5.41, 5.74) is 5.89. The molecule has 8 heteroatoms. The highest BCUT2D eigenvalue weighted by molar-refractivity contribution is 9.10. The summed E-state index contributed by atoms with van der Waals surface area (Å²) in [7, 11) is -3.46. The molecule has 4 nitrogen and oxygen atoms in total. The van der Waals surface area contributed by atoms with E-state index in [0.29, 0.717) is 25.9 Å². The average Bonchev–Trinajstić information content (AvgIpc) is 3.16. The number of nitrogens with zero attached hydrogens (tertiary/aromatic N) is 2. The Morgan fingerprint density at radius 1 is 1.10 bits per heavy atom. The van der Waals surface area contributed by atoms with Crippen LogP contribution in [-0.4, -0.2) is 31.7 Å². The van der Waals surface area contributed by atoms with E-state index in [9.17, 15) is 8.42 Å². The second kappa shape index (κ2) is 8.85. The van der Waals surface area contributed by atoms with Crippen LogP contribution < -0.4 is 4.90 Å². The molecule has 1 aliphatic heterocycles. The molecule has 0 saturated carbocycles. The molecule has 0 aliphatic carbocycles. The molecule has 31 heavy (non-hydrogen) atoms. The largest absolute Gasteiger partial charge is 0.348 e. The maximum atomic E-state index is 13.1. The molecule has 1 fully saturated rings. The first-order chi connectivity index (χ1) is 14.7. The summed E-state index contributed by atoms with van der Waals surface area (Å²) in [6, 6.07) is 9.32. The van der Waals surface area contributed by atoms with Crippen molar-refractivity contribution in [2.24, 2.45) is 0 Å². The van der Waals surface area contributed by atoms with Crippen LogP contribution in [0.2, 0.25) is 5.02 Å². The fourth-order valence-corrected chi connectivity index (χ4v) is 8.00. The number of aryl methyl sites for hydroxylation is 3. The Morgan fingerprint density at radius 3 is 2.35 bits per heavy atom. The van der Waals surface area contributed by atoms with E-state index in [2.05, 4.69) is 59.1 Å². The van der Waals surface area contributed by atoms with Crippen LogP contribution in [0.4, 0.5) is 5.13 Å². The normalized spacial score (nSPS) is 15.5. The van der Waals surface area contributed by atoms with Gasteiger partial charge in [0.15, 0.2) is 15.0 Å². The van der Waals surface area contributed by atoms with Crippen LogP contribution in [0.1, 0.15) is 29.5 Å². The summed E-state index contributed by atoms with van der Waals surface area (Å²) in [4.78, 5) is 7.31. The Kier molecular flexibility index (Phi) is 6.50. The van der Waals surface area contributed by atoms with Crippen molar-refractivity contribution < 1.29 is 8.42 Å². The van der Waals surface area contributed by atoms with Crippen molar-refractivity contribution in [3.8, 4) is 11.3 Å². The zero-order chi connectivity index (χ0) is 22.3. The third-order valence-corrected chi connectivity index (χ3v) is 9.91. The molecule has 1 saturated heterocycles. The molecule has 1 aromatic heterocycles. The van der Waals surface area contributed by atoms with Gasteiger partial charge in [-0.15, -0.1) is 11.3 Å². The number of hydrogen-bond acceptors (Lipinski definition) is 5. The van der Waals surface area contributed by atoms with Gasteiger partial charge in [0.1, 0.15) is 0 Å². The monoisotopic (exact) mass is 538 g/mol. The van der Waals surface area contributed by atoms with Gasteiger partial charge in [0.05, 0.1) is 20.9 Å². The highest BCUT2D eigenvalue weighted by Gasteiger charge is 2.33. The summed E-state index contributed by atoms with van der Waals surface area (Å²) in [6.45, 7) is 7.68. The minimum Gasteiger partial charge on any atom is -0.348 e. The first-order valence-electron chi connectivity index (χ1n) is 10.1. The van der Waals surface area contributed by atoms with Crippen molar-refractivity contribution in [1.29, 1.82) is 0 Å². The molecule has 0 atom stereocenters. The summed E-state index contributed by atoms with van der Waals surface area (Å²) in [5.74, 6) is 0. The lowest BCUT2D eigenvalue weighted by atomic mass is 9.98. The topological polar surface area (TPSA) is 50.3 Å². The average molecular weight is 540 g/mol. The van der Waals surface area contributed by atoms with Gasteiger partial charge in [-0.25, -0.2) is 13.4 Å². The highest BCUT2D eigenvalue weighted by atomic mass is 79.9. The van der Waals surface area contributed by atoms with E-state index in [4.69, 9.17) is 16.6 Å². The van der Waals surface area contributed by atoms with Gasteiger partial charge in [0, 0.05) is 28.5 Å². The smallest absolute Gasteiger partial charge is 0.185 e. The van der Waals surface area contributed by atoms with Crippen molar-refractivity contribution in [2.45, 2.75) is 43.8 Å². The van der Waals surface area contributed by atoms with Crippen LogP contribution in [0, 0.1) is 20.8 Å². The van der Waals surface area contributed by atoms with Crippen LogP contribution >= 0.6 is 38.9 Å². The highest BCUT2D eigenvalue weighted by Crippen LogP contribution is 2.35. The van der Waals surface area contributed by atoms with E-state index in [1.165, 1.54) is 22.3 Å². The maximum absolute atomic E-state index is 13.1. The number of benzene rings is 2. The molecule has 0 spiro atoms. The minimum absolute atomic E-state index is 0.220. The Labute approximate surface area is 201 Å². The van der Waals surface area contributed by atoms with E-state index in [1.807, 2.05) is 0 Å². The third kappa shape index (κ3) is 4.56. The standard InChI is InChI=1S/C23H24BrClN2O2S2/c1-14-10-15(2)22(16(3)11-14)20-13-30-23(26-20)27-8-6-18(7-9-27)31(28,29)21-5-4-17(24)12-19(21)25/h4-5,10-13,18H,6-9H2,1-3H3. The molecule has 0 radical (unpaired) electrons. The summed E-state index contributed by atoms with van der Waals surface area (Å²) < 4.78 is 27.0. The second-order valence-corrected chi connectivity index (χ2v) is 12.5. The zero-order valence-electron chi connectivity index (χ0n) is 17.7. The van der Waals surface area contributed by atoms with Gasteiger partial charge in [-0.2, -0.15) is 0 Å². The first-order valence-corrected chi connectivity index (χ1v) is 13.7. The van der Waals surface area contributed by atoms with Crippen LogP contribution in [0.3, 0.4) is 0 Å². The second-order valence-electron chi connectivity index (χ2n) is 8.10. The minimum atomic E-state index is -3.46. The van der Waals surface area contributed by atoms with Crippen LogP contribution in [-0.2, 0) is 9.84 Å². The van der Waals surface area contributed by atoms with Crippen LogP contribution in [0.5, 0.6) is 0 Å². The number of hydrogen-bond donors (Lipinski definition) is 0. The van der Waals surface area contributed by atoms with E-state index in [1.54, 1.807) is 29.5 Å². The van der Waals surface area contributed by atoms with Crippen LogP contribution in [0.25, 0.3) is 11.3 Å². The molecule has 4 rings (SSSR count). The molecule has 2 heterocycles. The fraction of sp³-hybridized carbons (Fsp3) is 0.348. The van der Waals surface area contributed by atoms with E-state index in [-0.39, 0.29) is 9.92 Å². The van der Waals surface area contributed by atoms with E-state index in [0.717, 1.165) is 15.3 Å². The van der Waals surface area contributed by atoms with Crippen molar-refractivity contribution >= 4 is 53.8 Å². The van der Waals surface area contributed by atoms with Gasteiger partial charge in [0.2, 0.25) is 0 Å². The molecular formula is C23H24BrClN2O2S2. The summed E-state index contributed by atoms with van der Waals surface area (Å²) in [5, 5.41) is 2.89. The van der Waals surface area contributed by atoms with Gasteiger partial charge >= 0.3 is 0 Å². The lowest BCUT2D eigenvalue weighted by molar-refractivity contribution is 0.529. The number of piperidine rings is 1. The lowest BCUT2D eigenvalue weighted by Gasteiger charge is -2.31. The third-order valence-electron chi connectivity index (χ3n) is 5.78. The first kappa shape index (κ1) is 22.8. The summed E-state index contributed by atoms with van der Waals surface area (Å²) >= 11 is 11.2. The number of anilines is 1. The summed E-state index contributed by atoms with van der Waals surface area (Å²) in [6.07, 6.45) is 1.12. The van der Waals surface area contributed by atoms with Gasteiger partial charge in [0.25, 0.3) is 0 Å². The van der Waals surface area contributed by atoms with Crippen molar-refractivity contribution in [2.75, 3.05) is 18.0 Å². The molecule has 3 aromatic rings. The molecule has 1 aliphatic rings. The molecule has 0 unspecified atom stereocenters. The van der Waals surface area contributed by atoms with Crippen LogP contribution in [0.15, 0.2) is 45.1 Å². The maximum Gasteiger partial charge on any atom is 0.185 e. The molecule has 0 amide bonds. The number of aromatic nitrogens is 1. The van der Waals surface area contributed by atoms with Crippen molar-refractivity contribution in [3.05, 3.63) is 61.9 Å². The Bertz CT molecular complexity index is 1210. The Hall–Kier alpha value is -1.41. The van der Waals surface area contributed by atoms with E-state index < -0.39 is 15.1 Å².